The number of benzene rings is 1. The van der Waals surface area contributed by atoms with Crippen molar-refractivity contribution >= 4 is 46.6 Å². The minimum atomic E-state index is 0.179. The highest BCUT2D eigenvalue weighted by Gasteiger charge is 2.07. The summed E-state index contributed by atoms with van der Waals surface area (Å²) in [6.07, 6.45) is 3.99. The van der Waals surface area contributed by atoms with Gasteiger partial charge in [0.05, 0.1) is 10.0 Å². The van der Waals surface area contributed by atoms with Gasteiger partial charge in [-0.1, -0.05) is 34.8 Å². The predicted molar refractivity (Wildman–Crippen MR) is 84.4 cm³/mol. The molecule has 0 saturated heterocycles. The van der Waals surface area contributed by atoms with Crippen LogP contribution in [0.4, 0.5) is 11.8 Å². The molecular formula is C13H13Cl3N4. The maximum atomic E-state index is 6.13. The third-order valence-corrected chi connectivity index (χ3v) is 3.97. The number of nitrogen functional groups attached to an aromatic ring is 2. The Balaban J connectivity index is 2.01. The van der Waals surface area contributed by atoms with E-state index in [2.05, 4.69) is 9.97 Å². The van der Waals surface area contributed by atoms with E-state index >= 15 is 0 Å². The first-order valence-electron chi connectivity index (χ1n) is 5.97. The Kier molecular flexibility index (Phi) is 4.91. The maximum Gasteiger partial charge on any atom is 0.221 e. The van der Waals surface area contributed by atoms with E-state index in [1.165, 1.54) is 0 Å². The molecule has 0 aliphatic carbocycles. The second-order valence-corrected chi connectivity index (χ2v) is 5.57. The number of anilines is 2. The number of aromatic nitrogens is 2. The van der Waals surface area contributed by atoms with Crippen LogP contribution in [0.25, 0.3) is 0 Å². The molecule has 0 aliphatic heterocycles. The molecule has 0 radical (unpaired) electrons. The summed E-state index contributed by atoms with van der Waals surface area (Å²) >= 11 is 18.0. The topological polar surface area (TPSA) is 77.8 Å². The van der Waals surface area contributed by atoms with Gasteiger partial charge in [0.2, 0.25) is 5.95 Å². The molecule has 2 rings (SSSR count). The van der Waals surface area contributed by atoms with Gasteiger partial charge in [-0.25, -0.2) is 4.98 Å². The number of hydrogen-bond donors (Lipinski definition) is 2. The van der Waals surface area contributed by atoms with Crippen LogP contribution in [-0.2, 0) is 12.8 Å². The van der Waals surface area contributed by atoms with E-state index in [0.717, 1.165) is 30.4 Å². The molecule has 0 aliphatic rings. The summed E-state index contributed by atoms with van der Waals surface area (Å²) in [6.45, 7) is 0. The lowest BCUT2D eigenvalue weighted by molar-refractivity contribution is 0.815. The molecule has 0 bridgehead atoms. The molecule has 1 aromatic heterocycles. The SMILES string of the molecule is Nc1ncc(CCCc2cc(Cl)c(Cl)cc2Cl)c(N)n1. The predicted octanol–water partition coefficient (Wildman–Crippen LogP) is 3.78. The third kappa shape index (κ3) is 3.66. The Morgan fingerprint density at radius 1 is 0.900 bits per heavy atom. The van der Waals surface area contributed by atoms with Crippen molar-refractivity contribution in [2.75, 3.05) is 11.5 Å². The van der Waals surface area contributed by atoms with Gasteiger partial charge in [0.15, 0.2) is 0 Å². The highest BCUT2D eigenvalue weighted by atomic mass is 35.5. The smallest absolute Gasteiger partial charge is 0.221 e. The van der Waals surface area contributed by atoms with Crippen molar-refractivity contribution in [1.29, 1.82) is 0 Å². The number of nitrogens with zero attached hydrogens (tertiary/aromatic N) is 2. The van der Waals surface area contributed by atoms with Crippen molar-refractivity contribution in [1.82, 2.24) is 9.97 Å². The maximum absolute atomic E-state index is 6.13. The lowest BCUT2D eigenvalue weighted by atomic mass is 10.1. The van der Waals surface area contributed by atoms with Crippen molar-refractivity contribution < 1.29 is 0 Å². The van der Waals surface area contributed by atoms with Crippen LogP contribution in [0.3, 0.4) is 0 Å². The Morgan fingerprint density at radius 2 is 1.55 bits per heavy atom. The van der Waals surface area contributed by atoms with Crippen LogP contribution in [0.15, 0.2) is 18.3 Å². The van der Waals surface area contributed by atoms with Crippen molar-refractivity contribution in [3.8, 4) is 0 Å². The van der Waals surface area contributed by atoms with Crippen molar-refractivity contribution in [2.24, 2.45) is 0 Å². The minimum Gasteiger partial charge on any atom is -0.383 e. The van der Waals surface area contributed by atoms with Gasteiger partial charge in [-0.2, -0.15) is 4.98 Å². The first-order chi connectivity index (χ1) is 9.47. The molecule has 0 atom stereocenters. The molecule has 7 heteroatoms. The molecule has 0 fully saturated rings. The number of nitrogens with two attached hydrogens (primary N) is 2. The normalized spacial score (nSPS) is 10.8. The van der Waals surface area contributed by atoms with E-state index in [4.69, 9.17) is 46.3 Å². The summed E-state index contributed by atoms with van der Waals surface area (Å²) in [4.78, 5) is 7.85. The fourth-order valence-electron chi connectivity index (χ4n) is 1.85. The highest BCUT2D eigenvalue weighted by molar-refractivity contribution is 6.43. The molecule has 2 aromatic rings. The molecule has 0 spiro atoms. The summed E-state index contributed by atoms with van der Waals surface area (Å²) in [5, 5.41) is 1.57. The zero-order valence-electron chi connectivity index (χ0n) is 10.5. The van der Waals surface area contributed by atoms with Crippen LogP contribution >= 0.6 is 34.8 Å². The van der Waals surface area contributed by atoms with Gasteiger partial charge in [0.25, 0.3) is 0 Å². The average Bonchev–Trinajstić information content (AvgIpc) is 2.38. The molecule has 106 valence electrons. The zero-order chi connectivity index (χ0) is 14.7. The van der Waals surface area contributed by atoms with E-state index in [0.29, 0.717) is 20.9 Å². The largest absolute Gasteiger partial charge is 0.383 e. The lowest BCUT2D eigenvalue weighted by Crippen LogP contribution is -2.04. The van der Waals surface area contributed by atoms with Crippen LogP contribution in [0.1, 0.15) is 17.5 Å². The fraction of sp³-hybridized carbons (Fsp3) is 0.231. The Morgan fingerprint density at radius 3 is 2.25 bits per heavy atom. The Labute approximate surface area is 132 Å². The van der Waals surface area contributed by atoms with Gasteiger partial charge in [-0.05, 0) is 37.0 Å². The van der Waals surface area contributed by atoms with Crippen molar-refractivity contribution in [2.45, 2.75) is 19.3 Å². The van der Waals surface area contributed by atoms with Crippen LogP contribution in [0.2, 0.25) is 15.1 Å². The summed E-state index contributed by atoms with van der Waals surface area (Å²) in [6, 6.07) is 3.44. The number of aryl methyl sites for hydroxylation is 2. The number of hydrogen-bond acceptors (Lipinski definition) is 4. The van der Waals surface area contributed by atoms with Gasteiger partial charge in [-0.3, -0.25) is 0 Å². The number of rotatable bonds is 4. The second kappa shape index (κ2) is 6.48. The third-order valence-electron chi connectivity index (χ3n) is 2.90. The van der Waals surface area contributed by atoms with Crippen molar-refractivity contribution in [3.63, 3.8) is 0 Å². The lowest BCUT2D eigenvalue weighted by Gasteiger charge is -2.08. The van der Waals surface area contributed by atoms with Gasteiger partial charge in [-0.15, -0.1) is 0 Å². The van der Waals surface area contributed by atoms with Gasteiger partial charge in [0.1, 0.15) is 5.82 Å². The van der Waals surface area contributed by atoms with Gasteiger partial charge < -0.3 is 11.5 Å². The molecule has 1 aromatic carbocycles. The van der Waals surface area contributed by atoms with Gasteiger partial charge >= 0.3 is 0 Å². The second-order valence-electron chi connectivity index (χ2n) is 4.35. The fourth-order valence-corrected chi connectivity index (χ4v) is 2.52. The average molecular weight is 332 g/mol. The molecule has 1 heterocycles. The van der Waals surface area contributed by atoms with Crippen LogP contribution in [0, 0.1) is 0 Å². The number of halogens is 3. The van der Waals surface area contributed by atoms with E-state index in [1.807, 2.05) is 0 Å². The van der Waals surface area contributed by atoms with Crippen LogP contribution in [-0.4, -0.2) is 9.97 Å². The molecule has 0 unspecified atom stereocenters. The monoisotopic (exact) mass is 330 g/mol. The molecule has 4 N–H and O–H groups in total. The van der Waals surface area contributed by atoms with Crippen molar-refractivity contribution in [3.05, 3.63) is 44.5 Å². The molecule has 4 nitrogen and oxygen atoms in total. The summed E-state index contributed by atoms with van der Waals surface area (Å²) in [7, 11) is 0. The van der Waals surface area contributed by atoms with Crippen LogP contribution in [0.5, 0.6) is 0 Å². The first kappa shape index (κ1) is 15.2. The quantitative estimate of drug-likeness (QED) is 0.836. The molecular weight excluding hydrogens is 319 g/mol. The minimum absolute atomic E-state index is 0.179. The molecule has 0 saturated carbocycles. The first-order valence-corrected chi connectivity index (χ1v) is 7.11. The van der Waals surface area contributed by atoms with Crippen LogP contribution < -0.4 is 11.5 Å². The highest BCUT2D eigenvalue weighted by Crippen LogP contribution is 2.29. The van der Waals surface area contributed by atoms with E-state index in [9.17, 15) is 0 Å². The Bertz CT molecular complexity index is 631. The molecule has 0 amide bonds. The summed E-state index contributed by atoms with van der Waals surface area (Å²) < 4.78 is 0. The van der Waals surface area contributed by atoms with E-state index in [-0.39, 0.29) is 5.95 Å². The van der Waals surface area contributed by atoms with E-state index in [1.54, 1.807) is 18.3 Å². The summed E-state index contributed by atoms with van der Waals surface area (Å²) in [5.74, 6) is 0.594. The standard InChI is InChI=1S/C13H13Cl3N4/c14-9-5-11(16)10(15)4-7(9)2-1-3-8-6-19-13(18)20-12(8)17/h4-6H,1-3H2,(H4,17,18,19,20). The summed E-state index contributed by atoms with van der Waals surface area (Å²) in [5.41, 5.74) is 13.1. The van der Waals surface area contributed by atoms with E-state index < -0.39 is 0 Å². The molecule has 20 heavy (non-hydrogen) atoms. The van der Waals surface area contributed by atoms with Gasteiger partial charge in [0, 0.05) is 16.8 Å². The Hall–Kier alpha value is -1.23. The zero-order valence-corrected chi connectivity index (χ0v) is 12.8.